The summed E-state index contributed by atoms with van der Waals surface area (Å²) in [6, 6.07) is 5.06. The van der Waals surface area contributed by atoms with Crippen molar-refractivity contribution in [1.29, 1.82) is 0 Å². The molecule has 0 amide bonds. The Labute approximate surface area is 82.9 Å². The molecular weight excluding hydrogens is 184 g/mol. The van der Waals surface area contributed by atoms with Crippen molar-refractivity contribution < 1.29 is 8.78 Å². The molecule has 0 aliphatic rings. The van der Waals surface area contributed by atoms with Crippen LogP contribution in [0.1, 0.15) is 29.2 Å². The van der Waals surface area contributed by atoms with Gasteiger partial charge in [0, 0.05) is 12.5 Å². The van der Waals surface area contributed by atoms with E-state index in [9.17, 15) is 8.78 Å². The van der Waals surface area contributed by atoms with Crippen LogP contribution >= 0.6 is 0 Å². The second-order valence-corrected chi connectivity index (χ2v) is 3.52. The lowest BCUT2D eigenvalue weighted by atomic mass is 9.96. The lowest BCUT2D eigenvalue weighted by molar-refractivity contribution is 0.128. The second kappa shape index (κ2) is 4.51. The molecule has 78 valence electrons. The Morgan fingerprint density at radius 2 is 1.93 bits per heavy atom. The average Bonchev–Trinajstić information content (AvgIpc) is 2.08. The molecule has 2 N–H and O–H groups in total. The molecule has 1 atom stereocenters. The SMILES string of the molecule is Cc1cccc([C@H](N)CC(F)F)c1C. The molecule has 3 heteroatoms. The van der Waals surface area contributed by atoms with Gasteiger partial charge in [0.15, 0.2) is 0 Å². The number of rotatable bonds is 3. The van der Waals surface area contributed by atoms with Crippen LogP contribution in [0.25, 0.3) is 0 Å². The monoisotopic (exact) mass is 199 g/mol. The highest BCUT2D eigenvalue weighted by molar-refractivity contribution is 5.35. The van der Waals surface area contributed by atoms with Gasteiger partial charge in [-0.3, -0.25) is 0 Å². The fraction of sp³-hybridized carbons (Fsp3) is 0.455. The molecule has 1 aromatic carbocycles. The first-order valence-electron chi connectivity index (χ1n) is 4.62. The third kappa shape index (κ3) is 2.51. The Morgan fingerprint density at radius 3 is 2.50 bits per heavy atom. The third-order valence-electron chi connectivity index (χ3n) is 2.48. The molecule has 0 aliphatic heterocycles. The fourth-order valence-corrected chi connectivity index (χ4v) is 1.49. The van der Waals surface area contributed by atoms with E-state index in [0.717, 1.165) is 16.7 Å². The zero-order chi connectivity index (χ0) is 10.7. The zero-order valence-corrected chi connectivity index (χ0v) is 8.43. The summed E-state index contributed by atoms with van der Waals surface area (Å²) in [5.41, 5.74) is 8.61. The molecule has 0 bridgehead atoms. The summed E-state index contributed by atoms with van der Waals surface area (Å²) in [5.74, 6) is 0. The molecule has 1 nitrogen and oxygen atoms in total. The summed E-state index contributed by atoms with van der Waals surface area (Å²) in [6.45, 7) is 3.87. The summed E-state index contributed by atoms with van der Waals surface area (Å²) < 4.78 is 24.2. The minimum Gasteiger partial charge on any atom is -0.324 e. The zero-order valence-electron chi connectivity index (χ0n) is 8.43. The molecule has 0 aromatic heterocycles. The Morgan fingerprint density at radius 1 is 1.29 bits per heavy atom. The van der Waals surface area contributed by atoms with E-state index in [0.29, 0.717) is 0 Å². The van der Waals surface area contributed by atoms with Gasteiger partial charge in [-0.1, -0.05) is 18.2 Å². The van der Waals surface area contributed by atoms with Crippen molar-refractivity contribution in [2.24, 2.45) is 5.73 Å². The van der Waals surface area contributed by atoms with Gasteiger partial charge in [-0.05, 0) is 30.5 Å². The van der Waals surface area contributed by atoms with Crippen molar-refractivity contribution >= 4 is 0 Å². The number of nitrogens with two attached hydrogens (primary N) is 1. The van der Waals surface area contributed by atoms with Gasteiger partial charge in [0.05, 0.1) is 0 Å². The Balaban J connectivity index is 2.89. The summed E-state index contributed by atoms with van der Waals surface area (Å²) >= 11 is 0. The second-order valence-electron chi connectivity index (χ2n) is 3.52. The van der Waals surface area contributed by atoms with Crippen molar-refractivity contribution in [3.8, 4) is 0 Å². The van der Waals surface area contributed by atoms with Crippen LogP contribution in [0.4, 0.5) is 8.78 Å². The van der Waals surface area contributed by atoms with Crippen LogP contribution in [0.15, 0.2) is 18.2 Å². The summed E-state index contributed by atoms with van der Waals surface area (Å²) in [4.78, 5) is 0. The van der Waals surface area contributed by atoms with E-state index in [1.807, 2.05) is 32.0 Å². The average molecular weight is 199 g/mol. The van der Waals surface area contributed by atoms with Crippen LogP contribution in [-0.4, -0.2) is 6.43 Å². The third-order valence-corrected chi connectivity index (χ3v) is 2.48. The van der Waals surface area contributed by atoms with Crippen molar-refractivity contribution in [3.05, 3.63) is 34.9 Å². The van der Waals surface area contributed by atoms with Gasteiger partial charge >= 0.3 is 0 Å². The van der Waals surface area contributed by atoms with E-state index >= 15 is 0 Å². The molecular formula is C11H15F2N. The Hall–Kier alpha value is -0.960. The van der Waals surface area contributed by atoms with E-state index in [4.69, 9.17) is 5.73 Å². The smallest absolute Gasteiger partial charge is 0.240 e. The standard InChI is InChI=1S/C11H15F2N/c1-7-4-3-5-9(8(7)2)10(14)6-11(12)13/h3-5,10-11H,6,14H2,1-2H3/t10-/m1/s1. The maximum Gasteiger partial charge on any atom is 0.240 e. The molecule has 0 heterocycles. The summed E-state index contributed by atoms with van der Waals surface area (Å²) in [5, 5.41) is 0. The quantitative estimate of drug-likeness (QED) is 0.795. The molecule has 0 radical (unpaired) electrons. The maximum absolute atomic E-state index is 12.1. The lowest BCUT2D eigenvalue weighted by Gasteiger charge is -2.15. The van der Waals surface area contributed by atoms with Crippen LogP contribution < -0.4 is 5.73 Å². The van der Waals surface area contributed by atoms with Crippen molar-refractivity contribution in [2.75, 3.05) is 0 Å². The van der Waals surface area contributed by atoms with Gasteiger partial charge in [-0.25, -0.2) is 8.78 Å². The first-order valence-corrected chi connectivity index (χ1v) is 4.62. The molecule has 0 aliphatic carbocycles. The largest absolute Gasteiger partial charge is 0.324 e. The van der Waals surface area contributed by atoms with Crippen molar-refractivity contribution in [2.45, 2.75) is 32.7 Å². The van der Waals surface area contributed by atoms with Crippen LogP contribution in [0.3, 0.4) is 0 Å². The minimum absolute atomic E-state index is 0.274. The lowest BCUT2D eigenvalue weighted by Crippen LogP contribution is -2.15. The topological polar surface area (TPSA) is 26.0 Å². The Kier molecular flexibility index (Phi) is 3.58. The highest BCUT2D eigenvalue weighted by Gasteiger charge is 2.14. The fourth-order valence-electron chi connectivity index (χ4n) is 1.49. The number of aryl methyl sites for hydroxylation is 1. The molecule has 14 heavy (non-hydrogen) atoms. The van der Waals surface area contributed by atoms with E-state index < -0.39 is 12.5 Å². The first-order chi connectivity index (χ1) is 6.52. The molecule has 1 aromatic rings. The van der Waals surface area contributed by atoms with E-state index in [1.54, 1.807) is 0 Å². The predicted octanol–water partition coefficient (Wildman–Crippen LogP) is 2.96. The van der Waals surface area contributed by atoms with Crippen molar-refractivity contribution in [1.82, 2.24) is 0 Å². The summed E-state index contributed by atoms with van der Waals surface area (Å²) in [7, 11) is 0. The van der Waals surface area contributed by atoms with Crippen molar-refractivity contribution in [3.63, 3.8) is 0 Å². The number of alkyl halides is 2. The maximum atomic E-state index is 12.1. The highest BCUT2D eigenvalue weighted by Crippen LogP contribution is 2.23. The van der Waals surface area contributed by atoms with Gasteiger partial charge in [0.1, 0.15) is 0 Å². The van der Waals surface area contributed by atoms with E-state index in [1.165, 1.54) is 0 Å². The van der Waals surface area contributed by atoms with Crippen LogP contribution in [0, 0.1) is 13.8 Å². The van der Waals surface area contributed by atoms with Crippen LogP contribution in [0.2, 0.25) is 0 Å². The van der Waals surface area contributed by atoms with Gasteiger partial charge < -0.3 is 5.73 Å². The molecule has 0 spiro atoms. The number of hydrogen-bond donors (Lipinski definition) is 1. The first kappa shape index (κ1) is 11.1. The van der Waals surface area contributed by atoms with E-state index in [-0.39, 0.29) is 6.42 Å². The molecule has 0 unspecified atom stereocenters. The predicted molar refractivity (Wildman–Crippen MR) is 53.5 cm³/mol. The van der Waals surface area contributed by atoms with Gasteiger partial charge in [0.25, 0.3) is 0 Å². The van der Waals surface area contributed by atoms with Gasteiger partial charge in [-0.15, -0.1) is 0 Å². The molecule has 0 fully saturated rings. The molecule has 1 rings (SSSR count). The normalized spacial score (nSPS) is 13.3. The van der Waals surface area contributed by atoms with Gasteiger partial charge in [0.2, 0.25) is 6.43 Å². The highest BCUT2D eigenvalue weighted by atomic mass is 19.3. The van der Waals surface area contributed by atoms with Crippen LogP contribution in [-0.2, 0) is 0 Å². The van der Waals surface area contributed by atoms with Gasteiger partial charge in [-0.2, -0.15) is 0 Å². The van der Waals surface area contributed by atoms with Crippen LogP contribution in [0.5, 0.6) is 0 Å². The molecule has 0 saturated carbocycles. The number of hydrogen-bond acceptors (Lipinski definition) is 1. The molecule has 0 saturated heterocycles. The number of halogens is 2. The Bertz CT molecular complexity index is 310. The number of benzene rings is 1. The van der Waals surface area contributed by atoms with E-state index in [2.05, 4.69) is 0 Å². The minimum atomic E-state index is -2.34. The summed E-state index contributed by atoms with van der Waals surface area (Å²) in [6.07, 6.45) is -2.62.